The van der Waals surface area contributed by atoms with Crippen LogP contribution in [0.5, 0.6) is 0 Å². The van der Waals surface area contributed by atoms with E-state index in [1.54, 1.807) is 78.9 Å². The lowest BCUT2D eigenvalue weighted by Gasteiger charge is -2.15. The molecule has 58 heavy (non-hydrogen) atoms. The Balaban J connectivity index is 0.000000177. The first-order chi connectivity index (χ1) is 27.6. The zero-order valence-corrected chi connectivity index (χ0v) is 33.9. The number of rotatable bonds is 8. The summed E-state index contributed by atoms with van der Waals surface area (Å²) in [7, 11) is -5.33. The van der Waals surface area contributed by atoms with E-state index in [0.717, 1.165) is 42.2 Å². The predicted octanol–water partition coefficient (Wildman–Crippen LogP) is 7.53. The van der Waals surface area contributed by atoms with Gasteiger partial charge >= 0.3 is 11.9 Å². The molecule has 2 aromatic heterocycles. The minimum Gasteiger partial charge on any atom is -0.465 e. The molecule has 4 aromatic carbocycles. The van der Waals surface area contributed by atoms with Crippen LogP contribution in [0, 0.1) is 13.8 Å². The van der Waals surface area contributed by atoms with Crippen molar-refractivity contribution >= 4 is 70.9 Å². The van der Waals surface area contributed by atoms with Crippen LogP contribution in [0.1, 0.15) is 81.0 Å². The van der Waals surface area contributed by atoms with Crippen LogP contribution in [0.3, 0.4) is 0 Å². The highest BCUT2D eigenvalue weighted by atomic mass is 32.2. The topological polar surface area (TPSA) is 165 Å². The van der Waals surface area contributed by atoms with Gasteiger partial charge in [-0.15, -0.1) is 0 Å². The van der Waals surface area contributed by atoms with Crippen LogP contribution in [0.4, 0.5) is 0 Å². The molecule has 1 atom stereocenters. The number of carbonyl (C=O) groups is 4. The van der Waals surface area contributed by atoms with Gasteiger partial charge in [-0.05, 0) is 104 Å². The van der Waals surface area contributed by atoms with Crippen molar-refractivity contribution in [2.45, 2.75) is 61.7 Å². The second-order valence-electron chi connectivity index (χ2n) is 14.3. The van der Waals surface area contributed by atoms with E-state index in [1.165, 1.54) is 38.7 Å². The fourth-order valence-electron chi connectivity index (χ4n) is 7.61. The summed E-state index contributed by atoms with van der Waals surface area (Å²) in [4.78, 5) is 48.5. The van der Waals surface area contributed by atoms with Gasteiger partial charge in [0.15, 0.2) is 5.78 Å². The summed E-state index contributed by atoms with van der Waals surface area (Å²) in [6, 6.07) is 23.1. The average Bonchev–Trinajstić information content (AvgIpc) is 4.04. The molecular formula is C44H40N2O10S2. The third-order valence-electron chi connectivity index (χ3n) is 10.6. The first-order valence-corrected chi connectivity index (χ1v) is 21.4. The number of hydrogen-bond acceptors (Lipinski definition) is 10. The van der Waals surface area contributed by atoms with Crippen molar-refractivity contribution in [3.05, 3.63) is 137 Å². The van der Waals surface area contributed by atoms with E-state index < -0.39 is 32.0 Å². The van der Waals surface area contributed by atoms with Crippen LogP contribution in [-0.4, -0.2) is 62.5 Å². The molecule has 2 aliphatic carbocycles. The standard InChI is InChI=1S/C22H21NO5S.C22H19NO5S/c2*1-14-3-7-17(8-4-14)29(26,27)23-12-11-19-18(15-5-6-16(24)13-15)9-10-20(21(19)23)22(25)28-2/h3-4,7-12,15H,5-6,13H2,1-2H3;3-4,7-13H,5-6H2,1-2H3/t15-;/m1./s1. The summed E-state index contributed by atoms with van der Waals surface area (Å²) < 4.78 is 65.3. The number of Topliss-reactive ketones (excluding diaryl/α,β-unsaturated/α-hetero) is 1. The molecule has 1 saturated carbocycles. The molecule has 298 valence electrons. The van der Waals surface area contributed by atoms with Crippen molar-refractivity contribution < 1.29 is 45.5 Å². The van der Waals surface area contributed by atoms with Gasteiger partial charge in [-0.3, -0.25) is 9.59 Å². The molecule has 6 aromatic rings. The van der Waals surface area contributed by atoms with E-state index in [4.69, 9.17) is 9.47 Å². The average molecular weight is 821 g/mol. The zero-order valence-electron chi connectivity index (χ0n) is 32.2. The van der Waals surface area contributed by atoms with Crippen molar-refractivity contribution in [1.29, 1.82) is 0 Å². The highest BCUT2D eigenvalue weighted by Gasteiger charge is 2.30. The molecule has 14 heteroatoms. The molecule has 1 fully saturated rings. The molecule has 0 unspecified atom stereocenters. The Kier molecular flexibility index (Phi) is 10.8. The van der Waals surface area contributed by atoms with Gasteiger partial charge < -0.3 is 9.47 Å². The van der Waals surface area contributed by atoms with E-state index in [2.05, 4.69) is 0 Å². The van der Waals surface area contributed by atoms with E-state index in [-0.39, 0.29) is 49.4 Å². The normalized spacial score (nSPS) is 15.7. The van der Waals surface area contributed by atoms with Gasteiger partial charge in [-0.2, -0.15) is 0 Å². The van der Waals surface area contributed by atoms with Crippen LogP contribution in [0.2, 0.25) is 0 Å². The smallest absolute Gasteiger partial charge is 0.340 e. The lowest BCUT2D eigenvalue weighted by molar-refractivity contribution is -0.117. The van der Waals surface area contributed by atoms with E-state index in [1.807, 2.05) is 13.8 Å². The fraction of sp³-hybridized carbons (Fsp3) is 0.227. The van der Waals surface area contributed by atoms with Crippen LogP contribution in [0.15, 0.2) is 113 Å². The number of allylic oxidation sites excluding steroid dienone is 2. The number of carbonyl (C=O) groups excluding carboxylic acids is 4. The number of aromatic nitrogens is 2. The maximum atomic E-state index is 13.3. The Morgan fingerprint density at radius 3 is 1.59 bits per heavy atom. The van der Waals surface area contributed by atoms with Crippen LogP contribution >= 0.6 is 0 Å². The number of ketones is 2. The van der Waals surface area contributed by atoms with Gasteiger partial charge in [0.05, 0.1) is 46.2 Å². The number of methoxy groups -OCH3 is 2. The van der Waals surface area contributed by atoms with Gasteiger partial charge in [-0.25, -0.2) is 34.4 Å². The van der Waals surface area contributed by atoms with Crippen molar-refractivity contribution in [2.24, 2.45) is 0 Å². The molecule has 0 N–H and O–H groups in total. The number of hydrogen-bond donors (Lipinski definition) is 0. The number of nitrogens with zero attached hydrogens (tertiary/aromatic N) is 2. The molecule has 12 nitrogen and oxygen atoms in total. The summed E-state index contributed by atoms with van der Waals surface area (Å²) in [5.74, 6) is -0.973. The van der Waals surface area contributed by atoms with Gasteiger partial charge in [-0.1, -0.05) is 47.5 Å². The van der Waals surface area contributed by atoms with Crippen molar-refractivity contribution in [3.8, 4) is 0 Å². The van der Waals surface area contributed by atoms with Gasteiger partial charge in [0.2, 0.25) is 0 Å². The lowest BCUT2D eigenvalue weighted by Crippen LogP contribution is -2.14. The van der Waals surface area contributed by atoms with Crippen LogP contribution < -0.4 is 0 Å². The highest BCUT2D eigenvalue weighted by molar-refractivity contribution is 7.90. The predicted molar refractivity (Wildman–Crippen MR) is 218 cm³/mol. The Morgan fingerprint density at radius 1 is 0.621 bits per heavy atom. The van der Waals surface area contributed by atoms with Gasteiger partial charge in [0.25, 0.3) is 20.0 Å². The highest BCUT2D eigenvalue weighted by Crippen LogP contribution is 2.39. The van der Waals surface area contributed by atoms with Gasteiger partial charge in [0.1, 0.15) is 5.78 Å². The second kappa shape index (κ2) is 15.7. The summed E-state index contributed by atoms with van der Waals surface area (Å²) in [5.41, 5.74) is 5.22. The summed E-state index contributed by atoms with van der Waals surface area (Å²) in [6.45, 7) is 3.76. The molecule has 2 heterocycles. The molecule has 0 amide bonds. The minimum atomic E-state index is -3.93. The molecule has 8 rings (SSSR count). The third-order valence-corrected chi connectivity index (χ3v) is 14.0. The molecule has 0 spiro atoms. The Hall–Kier alpha value is -6.12. The monoisotopic (exact) mass is 820 g/mol. The quantitative estimate of drug-likeness (QED) is 0.140. The third kappa shape index (κ3) is 7.29. The molecule has 0 bridgehead atoms. The number of esters is 2. The number of benzene rings is 4. The molecule has 2 aliphatic rings. The van der Waals surface area contributed by atoms with Crippen LogP contribution in [0.25, 0.3) is 27.4 Å². The molecular weight excluding hydrogens is 781 g/mol. The molecule has 0 saturated heterocycles. The maximum absolute atomic E-state index is 13.3. The van der Waals surface area contributed by atoms with Crippen molar-refractivity contribution in [2.75, 3.05) is 14.2 Å². The van der Waals surface area contributed by atoms with Gasteiger partial charge in [0, 0.05) is 42.4 Å². The largest absolute Gasteiger partial charge is 0.465 e. The van der Waals surface area contributed by atoms with Crippen molar-refractivity contribution in [3.63, 3.8) is 0 Å². The molecule has 0 radical (unpaired) electrons. The second-order valence-corrected chi connectivity index (χ2v) is 18.0. The van der Waals surface area contributed by atoms with E-state index in [0.29, 0.717) is 36.5 Å². The lowest BCUT2D eigenvalue weighted by atomic mass is 9.93. The zero-order chi connectivity index (χ0) is 41.5. The fourth-order valence-corrected chi connectivity index (χ4v) is 10.3. The minimum absolute atomic E-state index is 0.0228. The number of ether oxygens (including phenoxy) is 2. The first kappa shape index (κ1) is 40.1. The number of aryl methyl sites for hydroxylation is 2. The molecule has 0 aliphatic heterocycles. The SMILES string of the molecule is COC(=O)c1ccc(C2=CC(=O)CC2)c2ccn(S(=O)(=O)c3ccc(C)cc3)c12.COC(=O)c1ccc([C@@H]2CCC(=O)C2)c2ccn(S(=O)(=O)c3ccc(C)cc3)c12. The first-order valence-electron chi connectivity index (χ1n) is 18.5. The Morgan fingerprint density at radius 2 is 1.12 bits per heavy atom. The summed E-state index contributed by atoms with van der Waals surface area (Å²) >= 11 is 0. The Labute approximate surface area is 335 Å². The summed E-state index contributed by atoms with van der Waals surface area (Å²) in [6.07, 6.45) is 7.18. The van der Waals surface area contributed by atoms with E-state index >= 15 is 0 Å². The van der Waals surface area contributed by atoms with Crippen molar-refractivity contribution in [1.82, 2.24) is 7.94 Å². The summed E-state index contributed by atoms with van der Waals surface area (Å²) in [5, 5.41) is 1.24. The van der Waals surface area contributed by atoms with E-state index in [9.17, 15) is 36.0 Å². The number of fused-ring (bicyclic) bond motifs is 2. The Bertz CT molecular complexity index is 2900. The van der Waals surface area contributed by atoms with Crippen LogP contribution in [-0.2, 0) is 39.1 Å². The maximum Gasteiger partial charge on any atom is 0.340 e.